The Balaban J connectivity index is -0.000000254. The summed E-state index contributed by atoms with van der Waals surface area (Å²) in [6.45, 7) is 36.2. The van der Waals surface area contributed by atoms with E-state index in [1.807, 2.05) is 81.7 Å². The van der Waals surface area contributed by atoms with Gasteiger partial charge in [-0.25, -0.2) is 9.59 Å². The molecule has 2 N–H and O–H groups in total. The molecule has 3 rings (SSSR count). The lowest BCUT2D eigenvalue weighted by Crippen LogP contribution is -2.49. The molecule has 0 spiro atoms. The molecule has 25 nitrogen and oxygen atoms in total. The molecule has 0 fully saturated rings. The molecule has 0 amide bonds. The maximum atomic E-state index is 12.9. The molecule has 4 unspecified atom stereocenters. The highest BCUT2D eigenvalue weighted by molar-refractivity contribution is 7.65. The van der Waals surface area contributed by atoms with Crippen molar-refractivity contribution in [1.82, 2.24) is 0 Å². The molecule has 0 aliphatic rings. The summed E-state index contributed by atoms with van der Waals surface area (Å²) in [7, 11) is -28.9. The number of carbonyl (C=O) groups excluding carboxylic acids is 2. The second-order valence-corrected chi connectivity index (χ2v) is 61.0. The minimum absolute atomic E-state index is 0. The Kier molecular flexibility index (Phi) is 51.3. The average molecular weight is 1580 g/mol. The molecule has 0 aliphatic heterocycles. The molecule has 0 radical (unpaired) electrons. The van der Waals surface area contributed by atoms with Crippen molar-refractivity contribution < 1.29 is 112 Å². The molecule has 3 aromatic rings. The maximum Gasteiger partial charge on any atom is 0.688 e. The summed E-state index contributed by atoms with van der Waals surface area (Å²) in [6, 6.07) is 25.0. The van der Waals surface area contributed by atoms with Crippen LogP contribution in [-0.2, 0) is 92.8 Å². The first-order valence-electron chi connectivity index (χ1n) is 27.5. The fourth-order valence-corrected chi connectivity index (χ4v) is 34.9. The van der Waals surface area contributed by atoms with Gasteiger partial charge >= 0.3 is 103 Å². The van der Waals surface area contributed by atoms with Crippen molar-refractivity contribution in [2.75, 3.05) is 54.2 Å². The zero-order valence-electron chi connectivity index (χ0n) is 55.8. The maximum absolute atomic E-state index is 12.9. The second-order valence-electron chi connectivity index (χ2n) is 22.7. The first-order chi connectivity index (χ1) is 40.5. The van der Waals surface area contributed by atoms with Gasteiger partial charge in [0.1, 0.15) is 0 Å². The van der Waals surface area contributed by atoms with Crippen LogP contribution in [0.15, 0.2) is 91.5 Å². The Morgan fingerprint density at radius 1 is 0.548 bits per heavy atom. The summed E-state index contributed by atoms with van der Waals surface area (Å²) in [5, 5.41) is 1.85. The van der Waals surface area contributed by atoms with Crippen LogP contribution >= 0.6 is 50.9 Å². The average Bonchev–Trinajstić information content (AvgIpc) is 0.826. The summed E-state index contributed by atoms with van der Waals surface area (Å²) in [6.07, 6.45) is 2.27. The predicted octanol–water partition coefficient (Wildman–Crippen LogP) is 17.5. The minimum atomic E-state index is -3.69. The third-order valence-electron chi connectivity index (χ3n) is 9.80. The van der Waals surface area contributed by atoms with Gasteiger partial charge in [0.15, 0.2) is 8.32 Å². The Morgan fingerprint density at radius 2 is 0.978 bits per heavy atom. The van der Waals surface area contributed by atoms with E-state index in [9.17, 15) is 42.0 Å². The van der Waals surface area contributed by atoms with Crippen molar-refractivity contribution >= 4 is 153 Å². The number of benzene rings is 3. The zero-order valence-corrected chi connectivity index (χ0v) is 69.0. The van der Waals surface area contributed by atoms with Crippen LogP contribution in [0.4, 0.5) is 9.59 Å². The fourth-order valence-electron chi connectivity index (χ4n) is 6.50. The quantitative estimate of drug-likeness (QED) is 0.0199. The van der Waals surface area contributed by atoms with Gasteiger partial charge in [0.05, 0.1) is 38.1 Å². The van der Waals surface area contributed by atoms with Gasteiger partial charge < -0.3 is 62.0 Å². The highest BCUT2D eigenvalue weighted by Crippen LogP contribution is 2.52. The van der Waals surface area contributed by atoms with Crippen molar-refractivity contribution in [1.29, 1.82) is 0 Å². The first kappa shape index (κ1) is 102. The van der Waals surface area contributed by atoms with Gasteiger partial charge in [-0.3, -0.25) is 13.7 Å². The van der Waals surface area contributed by atoms with E-state index in [0.717, 1.165) is 23.6 Å². The highest BCUT2D eigenvalue weighted by Gasteiger charge is 2.47. The lowest BCUT2D eigenvalue weighted by atomic mass is 10.2. The van der Waals surface area contributed by atoms with Crippen LogP contribution in [0.25, 0.3) is 6.08 Å². The number of carbonyl (C=O) groups is 2. The third-order valence-corrected chi connectivity index (χ3v) is 39.3. The number of alkyl halides is 1. The molecule has 93 heavy (non-hydrogen) atoms. The summed E-state index contributed by atoms with van der Waals surface area (Å²) < 4.78 is 142. The van der Waals surface area contributed by atoms with Crippen molar-refractivity contribution in [3.63, 3.8) is 0 Å². The number of ether oxygens (including phenoxy) is 1. The lowest BCUT2D eigenvalue weighted by molar-refractivity contribution is 0.0969. The first-order valence-corrected chi connectivity index (χ1v) is 58.3. The number of halogens is 1. The second kappa shape index (κ2) is 46.6. The van der Waals surface area contributed by atoms with E-state index in [-0.39, 0.29) is 41.7 Å². The summed E-state index contributed by atoms with van der Waals surface area (Å²) in [5.41, 5.74) is 0.956. The summed E-state index contributed by atoms with van der Waals surface area (Å²) >= 11 is 5.58. The van der Waals surface area contributed by atoms with Crippen molar-refractivity contribution in [3.8, 4) is 0 Å². The molecule has 542 valence electrons. The standard InChI is InChI=1S/C15H25O4PSi.C13H20O6Si2.C10H19O5PSi2.C8H22ClO4PSi2.C4H12O6P2Si.4CH4/c1-6-8-13-18-21(4,5)19-20(16,17-3)15-11-9-14(7-2)10-12-15;1-16-12(14)18-21(4,5)19-13(15)17-20(2,3)11-9-7-6-8-10-11;1-17(2,12)14-16(11,15-18(3,4)13)10-8-6-5-7-9-10;1-11-14(10,8-7-9)12-16(5,6)13-15(2,3)4;1-7-11(5)9-13(3,4)10-12(6)8-2;;;;/h7,9-12H,2,6,8,13H2,1,3-5H3;6-10H,1-5H3;5-9,12-13H,1-4H3;7-8H2,1-6H3;1-4H3;4*1H4/q;;;;+2;;;;. The molecule has 0 aromatic heterocycles. The van der Waals surface area contributed by atoms with Gasteiger partial charge in [-0.15, -0.1) is 29.1 Å². The van der Waals surface area contributed by atoms with E-state index in [4.69, 9.17) is 67.7 Å². The largest absolute Gasteiger partial charge is 0.688 e. The number of rotatable bonds is 31. The minimum Gasteiger partial charge on any atom is -0.486 e. The van der Waals surface area contributed by atoms with E-state index in [0.29, 0.717) is 17.2 Å². The molecule has 3 aromatic carbocycles. The van der Waals surface area contributed by atoms with Crippen LogP contribution < -0.4 is 15.8 Å². The van der Waals surface area contributed by atoms with Crippen LogP contribution in [0, 0.1) is 0 Å². The molecule has 0 aliphatic carbocycles. The van der Waals surface area contributed by atoms with E-state index >= 15 is 0 Å². The van der Waals surface area contributed by atoms with E-state index in [2.05, 4.69) is 46.9 Å². The topological polar surface area (TPSA) is 308 Å². The molecule has 0 saturated carbocycles. The number of unbranched alkanes of at least 4 members (excludes halogenated alkanes) is 1. The Bertz CT molecular complexity index is 2720. The van der Waals surface area contributed by atoms with Crippen LogP contribution in [0.1, 0.15) is 55.0 Å². The molecular formula is C54H114ClO25P5Si8+2. The van der Waals surface area contributed by atoms with Crippen LogP contribution in [0.2, 0.25) is 111 Å². The van der Waals surface area contributed by atoms with Crippen LogP contribution in [0.3, 0.4) is 0 Å². The van der Waals surface area contributed by atoms with Gasteiger partial charge in [-0.1, -0.05) is 116 Å². The third kappa shape index (κ3) is 47.8. The molecule has 4 atom stereocenters. The number of hydrogen-bond acceptors (Lipinski definition) is 25. The molecule has 0 saturated heterocycles. The summed E-state index contributed by atoms with van der Waals surface area (Å²) in [5.74, 6) is 0.253. The molecule has 39 heteroatoms. The van der Waals surface area contributed by atoms with E-state index < -0.39 is 120 Å². The van der Waals surface area contributed by atoms with Gasteiger partial charge in [0.2, 0.25) is 0 Å². The summed E-state index contributed by atoms with van der Waals surface area (Å²) in [4.78, 5) is 42.6. The van der Waals surface area contributed by atoms with Crippen LogP contribution in [0.5, 0.6) is 0 Å². The monoisotopic (exact) mass is 1580 g/mol. The van der Waals surface area contributed by atoms with E-state index in [1.165, 1.54) is 61.7 Å². The Labute approximate surface area is 573 Å². The smallest absolute Gasteiger partial charge is 0.486 e. The van der Waals surface area contributed by atoms with Gasteiger partial charge in [0.25, 0.3) is 8.32 Å². The van der Waals surface area contributed by atoms with Crippen molar-refractivity contribution in [2.24, 2.45) is 0 Å². The lowest BCUT2D eigenvalue weighted by Gasteiger charge is -2.33. The fraction of sp³-hybridized carbons (Fsp3) is 0.593. The van der Waals surface area contributed by atoms with Gasteiger partial charge in [-0.05, 0) is 140 Å². The predicted molar refractivity (Wildman–Crippen MR) is 397 cm³/mol. The number of methoxy groups -OCH3 is 1. The van der Waals surface area contributed by atoms with Gasteiger partial charge in [0, 0.05) is 48.9 Å². The molecule has 0 heterocycles. The van der Waals surface area contributed by atoms with Crippen molar-refractivity contribution in [3.05, 3.63) is 97.1 Å². The number of hydrogen-bond donors (Lipinski definition) is 2. The van der Waals surface area contributed by atoms with Crippen LogP contribution in [-0.4, -0.2) is 144 Å². The Hall–Kier alpha value is -1.70. The zero-order chi connectivity index (χ0) is 69.6. The Morgan fingerprint density at radius 3 is 1.34 bits per heavy atom. The molecule has 0 bridgehead atoms. The molecular weight excluding hydrogens is 1460 g/mol. The normalized spacial score (nSPS) is 13.5. The van der Waals surface area contributed by atoms with E-state index in [1.54, 1.807) is 74.7 Å². The van der Waals surface area contributed by atoms with Gasteiger partial charge in [-0.2, -0.15) is 0 Å². The SMILES string of the molecule is C.C.C.C.C=Cc1ccc(P(=O)(OC)O[Si](C)(C)OCCCC)cc1.COC(=O)O[Si](C)(C)OC(=O)O[Si](C)(C)c1ccccc1.COP(=O)(CCCl)O[Si](C)(C)O[Si](C)(C)C.CO[P+](=O)O[Si](C)(C)O[P+](=O)OC.C[Si](C)(O)OP(=O)(O[Si](C)(C)O)c1ccccc1. The van der Waals surface area contributed by atoms with Crippen molar-refractivity contribution in [2.45, 2.75) is 161 Å². The highest BCUT2D eigenvalue weighted by atomic mass is 35.5.